The van der Waals surface area contributed by atoms with E-state index in [0.29, 0.717) is 48.9 Å². The second kappa shape index (κ2) is 9.25. The fourth-order valence-corrected chi connectivity index (χ4v) is 4.10. The molecule has 2 amide bonds. The summed E-state index contributed by atoms with van der Waals surface area (Å²) in [5.74, 6) is -0.204. The third kappa shape index (κ3) is 4.75. The van der Waals surface area contributed by atoms with Gasteiger partial charge in [0.25, 0.3) is 5.91 Å². The highest BCUT2D eigenvalue weighted by atomic mass is 16.2. The minimum atomic E-state index is -0.202. The molecule has 4 rings (SSSR count). The maximum Gasteiger partial charge on any atom is 0.254 e. The van der Waals surface area contributed by atoms with Crippen LogP contribution in [0, 0.1) is 13.8 Å². The first kappa shape index (κ1) is 22.2. The first-order valence-corrected chi connectivity index (χ1v) is 11.4. The number of benzene rings is 2. The Labute approximate surface area is 189 Å². The zero-order valence-corrected chi connectivity index (χ0v) is 19.1. The van der Waals surface area contributed by atoms with Gasteiger partial charge in [-0.3, -0.25) is 19.3 Å². The summed E-state index contributed by atoms with van der Waals surface area (Å²) in [6.45, 7) is 8.26. The van der Waals surface area contributed by atoms with Crippen molar-refractivity contribution in [3.05, 3.63) is 70.3 Å². The standard InChI is InChI=1S/C26H31N3O3/c1-17-8-9-20(16-18(17)2)24(30)22-6-4-5-7-23(22)26(32)29-14-12-28(13-15-29)19(3)25(31)27-21-10-11-21/h4-9,16,19,21H,10-15H2,1-3H3,(H,27,31). The molecule has 1 heterocycles. The van der Waals surface area contributed by atoms with E-state index in [-0.39, 0.29) is 23.6 Å². The summed E-state index contributed by atoms with van der Waals surface area (Å²) in [6.07, 6.45) is 2.14. The third-order valence-electron chi connectivity index (χ3n) is 6.62. The molecule has 2 aliphatic rings. The second-order valence-electron chi connectivity index (χ2n) is 8.96. The van der Waals surface area contributed by atoms with Gasteiger partial charge in [0, 0.05) is 43.3 Å². The molecule has 0 radical (unpaired) electrons. The van der Waals surface area contributed by atoms with Crippen molar-refractivity contribution in [2.75, 3.05) is 26.2 Å². The predicted octanol–water partition coefficient (Wildman–Crippen LogP) is 2.96. The Kier molecular flexibility index (Phi) is 6.42. The molecule has 2 fully saturated rings. The van der Waals surface area contributed by atoms with Crippen molar-refractivity contribution in [3.63, 3.8) is 0 Å². The van der Waals surface area contributed by atoms with Crippen molar-refractivity contribution < 1.29 is 14.4 Å². The number of hydrogen-bond donors (Lipinski definition) is 1. The van der Waals surface area contributed by atoms with Gasteiger partial charge in [0.05, 0.1) is 11.6 Å². The van der Waals surface area contributed by atoms with Crippen molar-refractivity contribution in [1.82, 2.24) is 15.1 Å². The van der Waals surface area contributed by atoms with Crippen molar-refractivity contribution in [3.8, 4) is 0 Å². The minimum Gasteiger partial charge on any atom is -0.352 e. The second-order valence-corrected chi connectivity index (χ2v) is 8.96. The first-order valence-electron chi connectivity index (χ1n) is 11.4. The van der Waals surface area contributed by atoms with E-state index in [2.05, 4.69) is 10.2 Å². The SMILES string of the molecule is Cc1ccc(C(=O)c2ccccc2C(=O)N2CCN(C(C)C(=O)NC3CC3)CC2)cc1C. The largest absolute Gasteiger partial charge is 0.352 e. The maximum absolute atomic E-state index is 13.3. The monoisotopic (exact) mass is 433 g/mol. The lowest BCUT2D eigenvalue weighted by molar-refractivity contribution is -0.126. The minimum absolute atomic E-state index is 0.0663. The molecule has 1 unspecified atom stereocenters. The van der Waals surface area contributed by atoms with Crippen LogP contribution in [0.4, 0.5) is 0 Å². The van der Waals surface area contributed by atoms with Crippen LogP contribution in [0.2, 0.25) is 0 Å². The van der Waals surface area contributed by atoms with Crippen molar-refractivity contribution >= 4 is 17.6 Å². The Balaban J connectivity index is 1.44. The van der Waals surface area contributed by atoms with Gasteiger partial charge in [-0.15, -0.1) is 0 Å². The number of ketones is 1. The molecular weight excluding hydrogens is 402 g/mol. The number of carbonyl (C=O) groups is 3. The average Bonchev–Trinajstić information content (AvgIpc) is 3.63. The number of aryl methyl sites for hydroxylation is 2. The quantitative estimate of drug-likeness (QED) is 0.711. The molecule has 168 valence electrons. The van der Waals surface area contributed by atoms with E-state index in [4.69, 9.17) is 0 Å². The molecule has 1 saturated carbocycles. The average molecular weight is 434 g/mol. The number of rotatable bonds is 6. The van der Waals surface area contributed by atoms with E-state index in [1.807, 2.05) is 39.0 Å². The summed E-state index contributed by atoms with van der Waals surface area (Å²) in [6, 6.07) is 12.8. The Morgan fingerprint density at radius 3 is 2.19 bits per heavy atom. The number of hydrogen-bond acceptors (Lipinski definition) is 4. The van der Waals surface area contributed by atoms with Gasteiger partial charge in [-0.05, 0) is 56.9 Å². The molecule has 1 atom stereocenters. The Morgan fingerprint density at radius 2 is 1.56 bits per heavy atom. The topological polar surface area (TPSA) is 69.7 Å². The van der Waals surface area contributed by atoms with Crippen LogP contribution in [0.25, 0.3) is 0 Å². The molecule has 1 N–H and O–H groups in total. The van der Waals surface area contributed by atoms with Crippen LogP contribution in [0.3, 0.4) is 0 Å². The smallest absolute Gasteiger partial charge is 0.254 e. The predicted molar refractivity (Wildman–Crippen MR) is 124 cm³/mol. The molecule has 1 aliphatic carbocycles. The van der Waals surface area contributed by atoms with Gasteiger partial charge in [-0.1, -0.05) is 30.3 Å². The maximum atomic E-state index is 13.3. The summed E-state index contributed by atoms with van der Waals surface area (Å²) in [5.41, 5.74) is 3.64. The summed E-state index contributed by atoms with van der Waals surface area (Å²) >= 11 is 0. The Morgan fingerprint density at radius 1 is 0.906 bits per heavy atom. The molecule has 6 nitrogen and oxygen atoms in total. The van der Waals surface area contributed by atoms with Crippen LogP contribution < -0.4 is 5.32 Å². The zero-order chi connectivity index (χ0) is 22.8. The van der Waals surface area contributed by atoms with Gasteiger partial charge < -0.3 is 10.2 Å². The van der Waals surface area contributed by atoms with Crippen LogP contribution in [0.5, 0.6) is 0 Å². The number of nitrogens with zero attached hydrogens (tertiary/aromatic N) is 2. The van der Waals surface area contributed by atoms with Gasteiger partial charge in [0.1, 0.15) is 0 Å². The molecule has 6 heteroatoms. The number of amides is 2. The van der Waals surface area contributed by atoms with Gasteiger partial charge in [-0.25, -0.2) is 0 Å². The molecule has 2 aromatic carbocycles. The summed E-state index contributed by atoms with van der Waals surface area (Å²) in [5, 5.41) is 3.05. The lowest BCUT2D eigenvalue weighted by Gasteiger charge is -2.37. The van der Waals surface area contributed by atoms with Crippen LogP contribution in [-0.4, -0.2) is 65.7 Å². The summed E-state index contributed by atoms with van der Waals surface area (Å²) in [4.78, 5) is 42.8. The normalized spacial score (nSPS) is 17.7. The Hall–Kier alpha value is -2.99. The fraction of sp³-hybridized carbons (Fsp3) is 0.423. The van der Waals surface area contributed by atoms with Crippen LogP contribution in [0.15, 0.2) is 42.5 Å². The van der Waals surface area contributed by atoms with E-state index in [9.17, 15) is 14.4 Å². The lowest BCUT2D eigenvalue weighted by Crippen LogP contribution is -2.55. The fourth-order valence-electron chi connectivity index (χ4n) is 4.10. The van der Waals surface area contributed by atoms with Crippen LogP contribution >= 0.6 is 0 Å². The molecule has 1 saturated heterocycles. The Bertz CT molecular complexity index is 1040. The molecule has 0 bridgehead atoms. The molecular formula is C26H31N3O3. The van der Waals surface area contributed by atoms with Gasteiger partial charge in [0.15, 0.2) is 5.78 Å². The highest BCUT2D eigenvalue weighted by molar-refractivity contribution is 6.15. The van der Waals surface area contributed by atoms with E-state index in [1.165, 1.54) is 0 Å². The first-order chi connectivity index (χ1) is 15.3. The van der Waals surface area contributed by atoms with E-state index in [0.717, 1.165) is 24.0 Å². The van der Waals surface area contributed by atoms with E-state index in [1.54, 1.807) is 29.2 Å². The highest BCUT2D eigenvalue weighted by Gasteiger charge is 2.31. The summed E-state index contributed by atoms with van der Waals surface area (Å²) in [7, 11) is 0. The third-order valence-corrected chi connectivity index (χ3v) is 6.62. The van der Waals surface area contributed by atoms with Crippen LogP contribution in [0.1, 0.15) is 57.2 Å². The van der Waals surface area contributed by atoms with Gasteiger partial charge >= 0.3 is 0 Å². The van der Waals surface area contributed by atoms with E-state index < -0.39 is 0 Å². The van der Waals surface area contributed by atoms with Crippen LogP contribution in [-0.2, 0) is 4.79 Å². The molecule has 32 heavy (non-hydrogen) atoms. The molecule has 1 aliphatic heterocycles. The number of nitrogens with one attached hydrogen (secondary N) is 1. The molecule has 0 spiro atoms. The van der Waals surface area contributed by atoms with Crippen molar-refractivity contribution in [2.24, 2.45) is 0 Å². The van der Waals surface area contributed by atoms with Gasteiger partial charge in [0.2, 0.25) is 5.91 Å². The van der Waals surface area contributed by atoms with E-state index >= 15 is 0 Å². The van der Waals surface area contributed by atoms with Crippen molar-refractivity contribution in [1.29, 1.82) is 0 Å². The summed E-state index contributed by atoms with van der Waals surface area (Å²) < 4.78 is 0. The lowest BCUT2D eigenvalue weighted by atomic mass is 9.95. The molecule has 2 aromatic rings. The molecule has 0 aromatic heterocycles. The van der Waals surface area contributed by atoms with Crippen molar-refractivity contribution in [2.45, 2.75) is 45.7 Å². The zero-order valence-electron chi connectivity index (χ0n) is 19.1. The van der Waals surface area contributed by atoms with Gasteiger partial charge in [-0.2, -0.15) is 0 Å². The number of piperazine rings is 1. The highest BCUT2D eigenvalue weighted by Crippen LogP contribution is 2.21. The number of carbonyl (C=O) groups excluding carboxylic acids is 3.